The number of aliphatic hydroxyl groups is 1. The Morgan fingerprint density at radius 3 is 2.70 bits per heavy atom. The third kappa shape index (κ3) is 3.09. The first-order valence-corrected chi connectivity index (χ1v) is 6.63. The van der Waals surface area contributed by atoms with E-state index in [9.17, 15) is 15.0 Å². The van der Waals surface area contributed by atoms with Gasteiger partial charge >= 0.3 is 0 Å². The lowest BCUT2D eigenvalue weighted by molar-refractivity contribution is 0.0326. The van der Waals surface area contributed by atoms with Gasteiger partial charge in [0.15, 0.2) is 5.75 Å². The summed E-state index contributed by atoms with van der Waals surface area (Å²) in [5, 5.41) is 19.4. The van der Waals surface area contributed by atoms with E-state index >= 15 is 0 Å². The zero-order chi connectivity index (χ0) is 14.5. The summed E-state index contributed by atoms with van der Waals surface area (Å²) in [6, 6.07) is 1.27. The van der Waals surface area contributed by atoms with Gasteiger partial charge in [0.2, 0.25) is 5.43 Å². The van der Waals surface area contributed by atoms with E-state index in [4.69, 9.17) is 4.74 Å². The molecule has 1 aromatic rings. The van der Waals surface area contributed by atoms with Crippen LogP contribution < -0.4 is 5.43 Å². The third-order valence-corrected chi connectivity index (χ3v) is 3.43. The highest BCUT2D eigenvalue weighted by Gasteiger charge is 2.18. The number of morpholine rings is 1. The maximum Gasteiger partial charge on any atom is 0.223 e. The van der Waals surface area contributed by atoms with E-state index in [1.807, 2.05) is 0 Å². The van der Waals surface area contributed by atoms with Gasteiger partial charge in [-0.1, -0.05) is 6.08 Å². The zero-order valence-corrected chi connectivity index (χ0v) is 11.4. The first-order valence-electron chi connectivity index (χ1n) is 6.63. The summed E-state index contributed by atoms with van der Waals surface area (Å²) in [7, 11) is 0. The molecular weight excluding hydrogens is 260 g/mol. The molecular formula is C14H20N2O4. The van der Waals surface area contributed by atoms with Crippen molar-refractivity contribution < 1.29 is 14.9 Å². The molecule has 0 unspecified atom stereocenters. The van der Waals surface area contributed by atoms with Crippen LogP contribution in [0.15, 0.2) is 23.5 Å². The fraction of sp³-hybridized carbons (Fsp3) is 0.500. The molecule has 0 aromatic carbocycles. The molecule has 1 aromatic heterocycles. The molecule has 0 amide bonds. The van der Waals surface area contributed by atoms with Crippen molar-refractivity contribution in [3.63, 3.8) is 0 Å². The fourth-order valence-corrected chi connectivity index (χ4v) is 2.36. The van der Waals surface area contributed by atoms with Crippen LogP contribution in [0.3, 0.4) is 0 Å². The van der Waals surface area contributed by atoms with E-state index in [1.165, 1.54) is 6.07 Å². The van der Waals surface area contributed by atoms with Gasteiger partial charge in [0.25, 0.3) is 0 Å². The van der Waals surface area contributed by atoms with Gasteiger partial charge in [-0.25, -0.2) is 0 Å². The average molecular weight is 280 g/mol. The molecule has 1 saturated heterocycles. The Kier molecular flexibility index (Phi) is 4.94. The monoisotopic (exact) mass is 280 g/mol. The number of hydrogen-bond donors (Lipinski definition) is 2. The molecule has 2 heterocycles. The number of rotatable bonds is 5. The number of pyridine rings is 1. The van der Waals surface area contributed by atoms with Gasteiger partial charge in [-0.2, -0.15) is 0 Å². The van der Waals surface area contributed by atoms with Gasteiger partial charge < -0.3 is 19.5 Å². The summed E-state index contributed by atoms with van der Waals surface area (Å²) < 4.78 is 7.02. The summed E-state index contributed by atoms with van der Waals surface area (Å²) in [5.41, 5.74) is 0.539. The van der Waals surface area contributed by atoms with Crippen molar-refractivity contribution >= 4 is 0 Å². The molecule has 6 heteroatoms. The second kappa shape index (κ2) is 6.69. The lowest BCUT2D eigenvalue weighted by atomic mass is 10.2. The fourth-order valence-electron chi connectivity index (χ4n) is 2.36. The van der Waals surface area contributed by atoms with E-state index in [0.29, 0.717) is 37.7 Å². The molecule has 20 heavy (non-hydrogen) atoms. The SMILES string of the molecule is C=CCn1c(CO)cc(=O)c(O)c1CN1CCOCC1. The molecule has 0 radical (unpaired) electrons. The van der Waals surface area contributed by atoms with Crippen molar-refractivity contribution in [2.24, 2.45) is 0 Å². The summed E-state index contributed by atoms with van der Waals surface area (Å²) in [6.45, 7) is 7.11. The Bertz CT molecular complexity index is 533. The summed E-state index contributed by atoms with van der Waals surface area (Å²) in [6.07, 6.45) is 1.67. The number of aromatic hydroxyl groups is 1. The minimum atomic E-state index is -0.461. The average Bonchev–Trinajstić information content (AvgIpc) is 2.47. The summed E-state index contributed by atoms with van der Waals surface area (Å²) >= 11 is 0. The smallest absolute Gasteiger partial charge is 0.223 e. The van der Waals surface area contributed by atoms with Crippen LogP contribution >= 0.6 is 0 Å². The predicted octanol–water partition coefficient (Wildman–Crippen LogP) is 0.0644. The molecule has 0 spiro atoms. The molecule has 0 bridgehead atoms. The van der Waals surface area contributed by atoms with E-state index in [-0.39, 0.29) is 12.4 Å². The number of ether oxygens (including phenoxy) is 1. The van der Waals surface area contributed by atoms with Crippen molar-refractivity contribution in [2.75, 3.05) is 26.3 Å². The Balaban J connectivity index is 2.39. The number of nitrogens with zero attached hydrogens (tertiary/aromatic N) is 2. The molecule has 1 fully saturated rings. The molecule has 0 saturated carbocycles. The standard InChI is InChI=1S/C14H20N2O4/c1-2-3-16-11(10-17)8-13(18)14(19)12(16)9-15-4-6-20-7-5-15/h2,8,17,19H,1,3-7,9-10H2. The van der Waals surface area contributed by atoms with Gasteiger partial charge in [-0.3, -0.25) is 9.69 Å². The minimum Gasteiger partial charge on any atom is -0.503 e. The lowest BCUT2D eigenvalue weighted by Gasteiger charge is -2.28. The number of aromatic nitrogens is 1. The third-order valence-electron chi connectivity index (χ3n) is 3.43. The molecule has 1 aliphatic heterocycles. The van der Waals surface area contributed by atoms with Gasteiger partial charge in [0.05, 0.1) is 25.5 Å². The van der Waals surface area contributed by atoms with Crippen molar-refractivity contribution in [2.45, 2.75) is 19.7 Å². The van der Waals surface area contributed by atoms with Crippen LogP contribution in [0.2, 0.25) is 0 Å². The van der Waals surface area contributed by atoms with E-state index in [1.54, 1.807) is 10.6 Å². The van der Waals surface area contributed by atoms with Crippen LogP contribution in [0, 0.1) is 0 Å². The first kappa shape index (κ1) is 14.8. The van der Waals surface area contributed by atoms with E-state index in [0.717, 1.165) is 13.1 Å². The summed E-state index contributed by atoms with van der Waals surface area (Å²) in [5.74, 6) is -0.254. The van der Waals surface area contributed by atoms with E-state index in [2.05, 4.69) is 11.5 Å². The lowest BCUT2D eigenvalue weighted by Crippen LogP contribution is -2.37. The predicted molar refractivity (Wildman–Crippen MR) is 74.6 cm³/mol. The largest absolute Gasteiger partial charge is 0.503 e. The summed E-state index contributed by atoms with van der Waals surface area (Å²) in [4.78, 5) is 13.9. The van der Waals surface area contributed by atoms with Crippen molar-refractivity contribution in [1.82, 2.24) is 9.47 Å². The second-order valence-corrected chi connectivity index (χ2v) is 4.74. The number of hydrogen-bond acceptors (Lipinski definition) is 5. The molecule has 6 nitrogen and oxygen atoms in total. The molecule has 2 N–H and O–H groups in total. The van der Waals surface area contributed by atoms with E-state index < -0.39 is 5.43 Å². The Hall–Kier alpha value is -1.63. The van der Waals surface area contributed by atoms with Crippen molar-refractivity contribution in [1.29, 1.82) is 0 Å². The van der Waals surface area contributed by atoms with Gasteiger partial charge in [-0.05, 0) is 0 Å². The molecule has 0 aliphatic carbocycles. The Labute approximate surface area is 117 Å². The Morgan fingerprint density at radius 1 is 1.40 bits per heavy atom. The maximum atomic E-state index is 11.8. The second-order valence-electron chi connectivity index (χ2n) is 4.74. The van der Waals surface area contributed by atoms with Crippen LogP contribution in [0.25, 0.3) is 0 Å². The van der Waals surface area contributed by atoms with Gasteiger partial charge in [0.1, 0.15) is 0 Å². The Morgan fingerprint density at radius 2 is 2.10 bits per heavy atom. The van der Waals surface area contributed by atoms with Crippen molar-refractivity contribution in [3.8, 4) is 5.75 Å². The molecule has 2 rings (SSSR count). The number of allylic oxidation sites excluding steroid dienone is 1. The van der Waals surface area contributed by atoms with Crippen molar-refractivity contribution in [3.05, 3.63) is 40.3 Å². The quantitative estimate of drug-likeness (QED) is 0.746. The van der Waals surface area contributed by atoms with Crippen LogP contribution in [-0.4, -0.2) is 46.0 Å². The zero-order valence-electron chi connectivity index (χ0n) is 11.4. The molecule has 1 aliphatic rings. The van der Waals surface area contributed by atoms with Gasteiger partial charge in [-0.15, -0.1) is 6.58 Å². The highest BCUT2D eigenvalue weighted by Crippen LogP contribution is 2.18. The minimum absolute atomic E-state index is 0.251. The number of aliphatic hydroxyl groups excluding tert-OH is 1. The highest BCUT2D eigenvalue weighted by molar-refractivity contribution is 5.30. The first-order chi connectivity index (χ1) is 9.67. The van der Waals surface area contributed by atoms with Crippen LogP contribution in [0.1, 0.15) is 11.4 Å². The van der Waals surface area contributed by atoms with Crippen LogP contribution in [-0.2, 0) is 24.4 Å². The highest BCUT2D eigenvalue weighted by atomic mass is 16.5. The normalized spacial score (nSPS) is 16.2. The topological polar surface area (TPSA) is 74.9 Å². The molecule has 110 valence electrons. The van der Waals surface area contributed by atoms with Crippen LogP contribution in [0.5, 0.6) is 5.75 Å². The maximum absolute atomic E-state index is 11.8. The molecule has 0 atom stereocenters. The van der Waals surface area contributed by atoms with Crippen LogP contribution in [0.4, 0.5) is 0 Å². The van der Waals surface area contributed by atoms with Gasteiger partial charge in [0, 0.05) is 37.9 Å².